The quantitative estimate of drug-likeness (QED) is 0.496. The molecule has 0 aliphatic heterocycles. The monoisotopic (exact) mass is 331 g/mol. The molecule has 0 spiro atoms. The highest BCUT2D eigenvalue weighted by Gasteiger charge is 2.29. The molecule has 120 valence electrons. The van der Waals surface area contributed by atoms with E-state index < -0.39 is 0 Å². The topological polar surface area (TPSA) is 12.4 Å². The molecule has 1 fully saturated rings. The number of rotatable bonds is 6. The summed E-state index contributed by atoms with van der Waals surface area (Å²) in [4.78, 5) is 6.69. The largest absolute Gasteiger partial charge is 0.281 e. The summed E-state index contributed by atoms with van der Waals surface area (Å²) in [6.45, 7) is 0. The van der Waals surface area contributed by atoms with Crippen LogP contribution in [0.25, 0.3) is 0 Å². The fourth-order valence-corrected chi connectivity index (χ4v) is 3.80. The van der Waals surface area contributed by atoms with Gasteiger partial charge in [0.05, 0.1) is 6.04 Å². The van der Waals surface area contributed by atoms with E-state index in [9.17, 15) is 0 Å². The Morgan fingerprint density at radius 3 is 2.00 bits per heavy atom. The normalized spacial score (nSPS) is 15.0. The van der Waals surface area contributed by atoms with Crippen molar-refractivity contribution < 1.29 is 0 Å². The first kappa shape index (κ1) is 15.3. The van der Waals surface area contributed by atoms with Crippen molar-refractivity contribution in [3.05, 3.63) is 94.2 Å². The van der Waals surface area contributed by atoms with Crippen molar-refractivity contribution in [3.8, 4) is 0 Å². The predicted molar refractivity (Wildman–Crippen MR) is 103 cm³/mol. The van der Waals surface area contributed by atoms with Gasteiger partial charge in [-0.15, -0.1) is 11.3 Å². The average molecular weight is 331 g/mol. The third kappa shape index (κ3) is 3.65. The standard InChI is InChI=1S/C22H21NS/c1-3-8-18(9-4-1)22(19-10-5-2-6-11-19)23-21(17-13-14-17)16-20-12-7-15-24-20/h1-12,15,17,22H,13-14,16H2. The molecule has 1 nitrogen and oxygen atoms in total. The number of benzene rings is 2. The Balaban J connectivity index is 1.71. The molecule has 2 heteroatoms. The summed E-state index contributed by atoms with van der Waals surface area (Å²) in [5, 5.41) is 2.16. The number of hydrogen-bond acceptors (Lipinski definition) is 2. The number of thiophene rings is 1. The summed E-state index contributed by atoms with van der Waals surface area (Å²) in [6.07, 6.45) is 3.58. The van der Waals surface area contributed by atoms with Crippen molar-refractivity contribution in [1.82, 2.24) is 0 Å². The Hall–Kier alpha value is -2.19. The van der Waals surface area contributed by atoms with Crippen LogP contribution >= 0.6 is 11.3 Å². The van der Waals surface area contributed by atoms with Crippen LogP contribution < -0.4 is 0 Å². The van der Waals surface area contributed by atoms with Gasteiger partial charge in [-0.3, -0.25) is 4.99 Å². The average Bonchev–Trinajstić information content (AvgIpc) is 3.37. The van der Waals surface area contributed by atoms with Crippen molar-refractivity contribution in [1.29, 1.82) is 0 Å². The number of aliphatic imine (C=N–C) groups is 1. The molecule has 0 radical (unpaired) electrons. The van der Waals surface area contributed by atoms with Gasteiger partial charge in [0.2, 0.25) is 0 Å². The van der Waals surface area contributed by atoms with Crippen LogP contribution in [0, 0.1) is 5.92 Å². The van der Waals surface area contributed by atoms with Crippen molar-refractivity contribution in [2.45, 2.75) is 25.3 Å². The van der Waals surface area contributed by atoms with Gasteiger partial charge >= 0.3 is 0 Å². The Morgan fingerprint density at radius 1 is 0.875 bits per heavy atom. The summed E-state index contributed by atoms with van der Waals surface area (Å²) in [5.74, 6) is 0.682. The van der Waals surface area contributed by atoms with Crippen molar-refractivity contribution in [2.75, 3.05) is 0 Å². The summed E-state index contributed by atoms with van der Waals surface area (Å²) >= 11 is 1.83. The molecule has 2 aromatic carbocycles. The smallest absolute Gasteiger partial charge is 0.0999 e. The van der Waals surface area contributed by atoms with E-state index >= 15 is 0 Å². The van der Waals surface area contributed by atoms with E-state index in [2.05, 4.69) is 78.2 Å². The van der Waals surface area contributed by atoms with Crippen molar-refractivity contribution >= 4 is 17.0 Å². The lowest BCUT2D eigenvalue weighted by atomic mass is 9.98. The molecule has 3 aromatic rings. The first-order chi connectivity index (χ1) is 11.9. The third-order valence-corrected chi connectivity index (χ3v) is 5.39. The van der Waals surface area contributed by atoms with Crippen LogP contribution in [0.5, 0.6) is 0 Å². The number of nitrogens with zero attached hydrogens (tertiary/aromatic N) is 1. The Labute approximate surface area is 147 Å². The Kier molecular flexibility index (Phi) is 4.57. The maximum absolute atomic E-state index is 5.28. The highest BCUT2D eigenvalue weighted by Crippen LogP contribution is 2.35. The van der Waals surface area contributed by atoms with Crippen LogP contribution in [-0.4, -0.2) is 5.71 Å². The molecule has 0 unspecified atom stereocenters. The molecular weight excluding hydrogens is 310 g/mol. The molecule has 1 saturated carbocycles. The zero-order chi connectivity index (χ0) is 16.2. The third-order valence-electron chi connectivity index (χ3n) is 4.51. The van der Waals surface area contributed by atoms with Crippen LogP contribution in [0.2, 0.25) is 0 Å². The SMILES string of the molecule is c1ccc(C(N=C(Cc2cccs2)C2CC2)c2ccccc2)cc1. The molecule has 0 amide bonds. The van der Waals surface area contributed by atoms with E-state index in [1.165, 1.54) is 34.6 Å². The second kappa shape index (κ2) is 7.14. The molecule has 0 bridgehead atoms. The van der Waals surface area contributed by atoms with Gasteiger partial charge in [-0.2, -0.15) is 0 Å². The van der Waals surface area contributed by atoms with Crippen LogP contribution in [0.15, 0.2) is 83.2 Å². The maximum Gasteiger partial charge on any atom is 0.0999 e. The van der Waals surface area contributed by atoms with Crippen LogP contribution in [0.4, 0.5) is 0 Å². The molecule has 1 heterocycles. The Morgan fingerprint density at radius 2 is 1.50 bits per heavy atom. The molecule has 24 heavy (non-hydrogen) atoms. The predicted octanol–water partition coefficient (Wildman–Crippen LogP) is 5.93. The lowest BCUT2D eigenvalue weighted by Crippen LogP contribution is -2.09. The lowest BCUT2D eigenvalue weighted by Gasteiger charge is -2.16. The van der Waals surface area contributed by atoms with E-state index in [0.717, 1.165) is 6.42 Å². The Bertz CT molecular complexity index is 747. The first-order valence-electron chi connectivity index (χ1n) is 8.59. The van der Waals surface area contributed by atoms with Gasteiger partial charge in [0, 0.05) is 17.0 Å². The second-order valence-corrected chi connectivity index (χ2v) is 7.41. The first-order valence-corrected chi connectivity index (χ1v) is 9.47. The van der Waals surface area contributed by atoms with Crippen LogP contribution in [-0.2, 0) is 6.42 Å². The van der Waals surface area contributed by atoms with Crippen LogP contribution in [0.1, 0.15) is 34.9 Å². The minimum absolute atomic E-state index is 0.1000. The molecule has 4 rings (SSSR count). The summed E-state index contributed by atoms with van der Waals surface area (Å²) < 4.78 is 0. The van der Waals surface area contributed by atoms with Crippen LogP contribution in [0.3, 0.4) is 0 Å². The highest BCUT2D eigenvalue weighted by molar-refractivity contribution is 7.10. The molecule has 1 aromatic heterocycles. The van der Waals surface area contributed by atoms with E-state index in [-0.39, 0.29) is 6.04 Å². The minimum atomic E-state index is 0.1000. The molecule has 0 atom stereocenters. The maximum atomic E-state index is 5.28. The van der Waals surface area contributed by atoms with Crippen molar-refractivity contribution in [3.63, 3.8) is 0 Å². The molecule has 0 N–H and O–H groups in total. The van der Waals surface area contributed by atoms with Gasteiger partial charge < -0.3 is 0 Å². The second-order valence-electron chi connectivity index (χ2n) is 6.37. The van der Waals surface area contributed by atoms with Gasteiger partial charge in [-0.1, -0.05) is 66.7 Å². The van der Waals surface area contributed by atoms with E-state index in [4.69, 9.17) is 4.99 Å². The molecule has 1 aliphatic rings. The van der Waals surface area contributed by atoms with Gasteiger partial charge in [0.1, 0.15) is 0 Å². The summed E-state index contributed by atoms with van der Waals surface area (Å²) in [6, 6.07) is 25.8. The number of hydrogen-bond donors (Lipinski definition) is 0. The zero-order valence-electron chi connectivity index (χ0n) is 13.6. The lowest BCUT2D eigenvalue weighted by molar-refractivity contribution is 0.854. The molecular formula is C22H21NS. The van der Waals surface area contributed by atoms with Gasteiger partial charge in [0.15, 0.2) is 0 Å². The molecule has 1 aliphatic carbocycles. The fraction of sp³-hybridized carbons (Fsp3) is 0.227. The van der Waals surface area contributed by atoms with Gasteiger partial charge in [-0.25, -0.2) is 0 Å². The van der Waals surface area contributed by atoms with Gasteiger partial charge in [-0.05, 0) is 41.3 Å². The highest BCUT2D eigenvalue weighted by atomic mass is 32.1. The van der Waals surface area contributed by atoms with Gasteiger partial charge in [0.25, 0.3) is 0 Å². The minimum Gasteiger partial charge on any atom is -0.281 e. The summed E-state index contributed by atoms with van der Waals surface area (Å²) in [7, 11) is 0. The van der Waals surface area contributed by atoms with E-state index in [1.807, 2.05) is 11.3 Å². The van der Waals surface area contributed by atoms with E-state index in [0.29, 0.717) is 5.92 Å². The zero-order valence-corrected chi connectivity index (χ0v) is 14.5. The molecule has 0 saturated heterocycles. The summed E-state index contributed by atoms with van der Waals surface area (Å²) in [5.41, 5.74) is 3.91. The fourth-order valence-electron chi connectivity index (χ4n) is 3.08. The van der Waals surface area contributed by atoms with E-state index in [1.54, 1.807) is 0 Å². The van der Waals surface area contributed by atoms with Crippen molar-refractivity contribution in [2.24, 2.45) is 10.9 Å².